The van der Waals surface area contributed by atoms with Gasteiger partial charge < -0.3 is 5.32 Å². The van der Waals surface area contributed by atoms with Gasteiger partial charge in [-0.25, -0.2) is 8.42 Å². The van der Waals surface area contributed by atoms with Crippen LogP contribution in [0.3, 0.4) is 0 Å². The number of amides is 1. The summed E-state index contributed by atoms with van der Waals surface area (Å²) in [5, 5.41) is 2.77. The van der Waals surface area contributed by atoms with E-state index >= 15 is 0 Å². The Kier molecular flexibility index (Phi) is 7.39. The third-order valence-electron chi connectivity index (χ3n) is 3.57. The van der Waals surface area contributed by atoms with Crippen LogP contribution in [-0.2, 0) is 21.2 Å². The van der Waals surface area contributed by atoms with E-state index in [0.29, 0.717) is 13.0 Å². The van der Waals surface area contributed by atoms with Crippen molar-refractivity contribution in [2.24, 2.45) is 0 Å². The first kappa shape index (κ1) is 19.9. The number of rotatable bonds is 8. The molecule has 2 aromatic rings. The molecular weight excluding hydrogens is 451 g/mol. The molecular formula is C18H21IN2O3S. The predicted molar refractivity (Wildman–Crippen MR) is 107 cm³/mol. The Balaban J connectivity index is 2.22. The molecule has 5 nitrogen and oxygen atoms in total. The van der Waals surface area contributed by atoms with Crippen LogP contribution in [0.5, 0.6) is 0 Å². The van der Waals surface area contributed by atoms with E-state index in [4.69, 9.17) is 0 Å². The fourth-order valence-electron chi connectivity index (χ4n) is 2.28. The zero-order valence-corrected chi connectivity index (χ0v) is 16.9. The van der Waals surface area contributed by atoms with E-state index in [9.17, 15) is 13.2 Å². The van der Waals surface area contributed by atoms with Crippen LogP contribution in [0, 0.1) is 3.57 Å². The van der Waals surface area contributed by atoms with Gasteiger partial charge in [-0.05, 0) is 65.3 Å². The van der Waals surface area contributed by atoms with Gasteiger partial charge >= 0.3 is 0 Å². The molecule has 0 aromatic heterocycles. The summed E-state index contributed by atoms with van der Waals surface area (Å²) in [6.45, 7) is 2.46. The number of benzene rings is 2. The van der Waals surface area contributed by atoms with Gasteiger partial charge in [0.2, 0.25) is 15.9 Å². The topological polar surface area (TPSA) is 75.3 Å². The Hall–Kier alpha value is -1.45. The molecule has 2 aromatic carbocycles. The van der Waals surface area contributed by atoms with Crippen molar-refractivity contribution in [3.05, 3.63) is 63.7 Å². The van der Waals surface area contributed by atoms with Gasteiger partial charge in [0, 0.05) is 10.1 Å². The number of halogens is 1. The van der Waals surface area contributed by atoms with Crippen LogP contribution < -0.4 is 10.0 Å². The van der Waals surface area contributed by atoms with Crippen molar-refractivity contribution in [2.75, 3.05) is 6.54 Å². The highest BCUT2D eigenvalue weighted by atomic mass is 127. The van der Waals surface area contributed by atoms with Crippen molar-refractivity contribution >= 4 is 38.5 Å². The van der Waals surface area contributed by atoms with Crippen LogP contribution in [0.1, 0.15) is 18.9 Å². The van der Waals surface area contributed by atoms with Crippen LogP contribution in [0.25, 0.3) is 0 Å². The molecule has 0 unspecified atom stereocenters. The lowest BCUT2D eigenvalue weighted by atomic mass is 10.1. The lowest BCUT2D eigenvalue weighted by Gasteiger charge is -2.18. The van der Waals surface area contributed by atoms with Gasteiger partial charge in [0.1, 0.15) is 6.04 Å². The van der Waals surface area contributed by atoms with Crippen LogP contribution in [0.2, 0.25) is 0 Å². The molecule has 0 aliphatic heterocycles. The first-order valence-electron chi connectivity index (χ1n) is 8.02. The maximum Gasteiger partial charge on any atom is 0.241 e. The summed E-state index contributed by atoms with van der Waals surface area (Å²) in [5.74, 6) is -0.320. The second kappa shape index (κ2) is 9.30. The minimum absolute atomic E-state index is 0.147. The zero-order valence-electron chi connectivity index (χ0n) is 13.9. The average Bonchev–Trinajstić information content (AvgIpc) is 2.60. The third-order valence-corrected chi connectivity index (χ3v) is 5.78. The normalized spacial score (nSPS) is 12.6. The summed E-state index contributed by atoms with van der Waals surface area (Å²) in [6.07, 6.45) is 1.08. The van der Waals surface area contributed by atoms with Gasteiger partial charge in [-0.1, -0.05) is 37.3 Å². The first-order chi connectivity index (χ1) is 11.9. The summed E-state index contributed by atoms with van der Waals surface area (Å²) in [5.41, 5.74) is 0.893. The van der Waals surface area contributed by atoms with E-state index in [0.717, 1.165) is 15.6 Å². The quantitative estimate of drug-likeness (QED) is 0.581. The fraction of sp³-hybridized carbons (Fsp3) is 0.278. The molecule has 2 N–H and O–H groups in total. The summed E-state index contributed by atoms with van der Waals surface area (Å²) < 4.78 is 28.7. The Morgan fingerprint density at radius 2 is 1.72 bits per heavy atom. The van der Waals surface area contributed by atoms with Gasteiger partial charge in [-0.3, -0.25) is 4.79 Å². The smallest absolute Gasteiger partial charge is 0.241 e. The summed E-state index contributed by atoms with van der Waals surface area (Å²) in [7, 11) is -3.78. The molecule has 7 heteroatoms. The number of carbonyl (C=O) groups excluding carboxylic acids is 1. The van der Waals surface area contributed by atoms with Crippen molar-refractivity contribution in [2.45, 2.75) is 30.7 Å². The minimum atomic E-state index is -3.78. The van der Waals surface area contributed by atoms with Crippen LogP contribution in [0.15, 0.2) is 59.5 Å². The van der Waals surface area contributed by atoms with Gasteiger partial charge in [0.15, 0.2) is 0 Å². The third kappa shape index (κ3) is 6.09. The molecule has 0 saturated heterocycles. The van der Waals surface area contributed by atoms with Crippen molar-refractivity contribution < 1.29 is 13.2 Å². The van der Waals surface area contributed by atoms with Gasteiger partial charge in [-0.15, -0.1) is 0 Å². The highest BCUT2D eigenvalue weighted by Gasteiger charge is 2.25. The largest absolute Gasteiger partial charge is 0.355 e. The van der Waals surface area contributed by atoms with Crippen molar-refractivity contribution in [1.29, 1.82) is 0 Å². The molecule has 1 amide bonds. The molecule has 0 fully saturated rings. The zero-order chi connectivity index (χ0) is 18.3. The second-order valence-corrected chi connectivity index (χ2v) is 8.57. The molecule has 134 valence electrons. The standard InChI is InChI=1S/C18H21IN2O3S/c1-2-12-20-18(22)17(13-14-6-4-3-5-7-14)21-25(23,24)16-10-8-15(19)9-11-16/h3-11,17,21H,2,12-13H2,1H3,(H,20,22)/t17-/m0/s1. The summed E-state index contributed by atoms with van der Waals surface area (Å²) in [6, 6.07) is 15.0. The monoisotopic (exact) mass is 472 g/mol. The van der Waals surface area contributed by atoms with E-state index in [1.807, 2.05) is 37.3 Å². The Morgan fingerprint density at radius 3 is 2.32 bits per heavy atom. The molecule has 0 aliphatic rings. The maximum atomic E-state index is 12.6. The molecule has 1 atom stereocenters. The molecule has 0 bridgehead atoms. The van der Waals surface area contributed by atoms with Gasteiger partial charge in [0.05, 0.1) is 4.90 Å². The van der Waals surface area contributed by atoms with Crippen molar-refractivity contribution in [1.82, 2.24) is 10.0 Å². The molecule has 0 radical (unpaired) electrons. The van der Waals surface area contributed by atoms with Gasteiger partial charge in [0.25, 0.3) is 0 Å². The minimum Gasteiger partial charge on any atom is -0.355 e. The molecule has 2 rings (SSSR count). The summed E-state index contributed by atoms with van der Waals surface area (Å²) >= 11 is 2.11. The second-order valence-electron chi connectivity index (χ2n) is 5.61. The number of nitrogens with one attached hydrogen (secondary N) is 2. The molecule has 0 saturated carbocycles. The van der Waals surface area contributed by atoms with Crippen LogP contribution in [-0.4, -0.2) is 26.9 Å². The fourth-order valence-corrected chi connectivity index (χ4v) is 3.83. The first-order valence-corrected chi connectivity index (χ1v) is 10.6. The maximum absolute atomic E-state index is 12.6. The Labute approximate surface area is 162 Å². The average molecular weight is 472 g/mol. The van der Waals surface area contributed by atoms with E-state index in [1.54, 1.807) is 12.1 Å². The highest BCUT2D eigenvalue weighted by molar-refractivity contribution is 14.1. The number of hydrogen-bond donors (Lipinski definition) is 2. The van der Waals surface area contributed by atoms with Crippen molar-refractivity contribution in [3.63, 3.8) is 0 Å². The predicted octanol–water partition coefficient (Wildman–Crippen LogP) is 2.71. The molecule has 0 spiro atoms. The summed E-state index contributed by atoms with van der Waals surface area (Å²) in [4.78, 5) is 12.6. The van der Waals surface area contributed by atoms with Crippen LogP contribution >= 0.6 is 22.6 Å². The van der Waals surface area contributed by atoms with E-state index < -0.39 is 16.1 Å². The Morgan fingerprint density at radius 1 is 1.08 bits per heavy atom. The van der Waals surface area contributed by atoms with E-state index in [-0.39, 0.29) is 10.8 Å². The Bertz CT molecular complexity index is 793. The SMILES string of the molecule is CCCNC(=O)[C@H](Cc1ccccc1)NS(=O)(=O)c1ccc(I)cc1. The lowest BCUT2D eigenvalue weighted by molar-refractivity contribution is -0.122. The van der Waals surface area contributed by atoms with Gasteiger partial charge in [-0.2, -0.15) is 4.72 Å². The number of hydrogen-bond acceptors (Lipinski definition) is 3. The number of sulfonamides is 1. The van der Waals surface area contributed by atoms with E-state index in [2.05, 4.69) is 32.6 Å². The molecule has 0 aliphatic carbocycles. The van der Waals surface area contributed by atoms with Crippen LogP contribution in [0.4, 0.5) is 0 Å². The highest BCUT2D eigenvalue weighted by Crippen LogP contribution is 2.13. The lowest BCUT2D eigenvalue weighted by Crippen LogP contribution is -2.48. The van der Waals surface area contributed by atoms with E-state index in [1.165, 1.54) is 12.1 Å². The van der Waals surface area contributed by atoms with Crippen molar-refractivity contribution in [3.8, 4) is 0 Å². The molecule has 0 heterocycles. The number of carbonyl (C=O) groups is 1. The molecule has 25 heavy (non-hydrogen) atoms.